The molecule has 1 heterocycles. The van der Waals surface area contributed by atoms with Gasteiger partial charge < -0.3 is 14.2 Å². The van der Waals surface area contributed by atoms with Crippen LogP contribution in [0.1, 0.15) is 49.1 Å². The molecule has 0 saturated heterocycles. The second-order valence-corrected chi connectivity index (χ2v) is 8.25. The lowest BCUT2D eigenvalue weighted by Gasteiger charge is -2.33. The van der Waals surface area contributed by atoms with Gasteiger partial charge in [-0.05, 0) is 38.3 Å². The fourth-order valence-corrected chi connectivity index (χ4v) is 4.17. The van der Waals surface area contributed by atoms with E-state index in [-0.39, 0.29) is 18.6 Å². The van der Waals surface area contributed by atoms with Gasteiger partial charge in [-0.1, -0.05) is 72.4 Å². The number of amides is 1. The SMILES string of the molecule is Cc1ccc(OCC(=O)N(Cc2nc(-c3ccccc3)no2)C2CCCCC2)c(C)c1. The van der Waals surface area contributed by atoms with Gasteiger partial charge in [-0.15, -0.1) is 0 Å². The normalized spacial score (nSPS) is 14.4. The fourth-order valence-electron chi connectivity index (χ4n) is 4.17. The number of hydrogen-bond donors (Lipinski definition) is 0. The van der Waals surface area contributed by atoms with Gasteiger partial charge in [0.25, 0.3) is 5.91 Å². The monoisotopic (exact) mass is 419 g/mol. The van der Waals surface area contributed by atoms with Gasteiger partial charge in [-0.25, -0.2) is 0 Å². The van der Waals surface area contributed by atoms with Crippen LogP contribution in [0, 0.1) is 13.8 Å². The maximum atomic E-state index is 13.2. The molecule has 1 amide bonds. The van der Waals surface area contributed by atoms with E-state index in [0.29, 0.717) is 18.3 Å². The molecular weight excluding hydrogens is 390 g/mol. The Morgan fingerprint density at radius 2 is 1.87 bits per heavy atom. The Morgan fingerprint density at radius 1 is 1.10 bits per heavy atom. The van der Waals surface area contributed by atoms with Gasteiger partial charge in [0.15, 0.2) is 6.61 Å². The molecule has 0 unspecified atom stereocenters. The highest BCUT2D eigenvalue weighted by atomic mass is 16.5. The highest BCUT2D eigenvalue weighted by molar-refractivity contribution is 5.78. The molecule has 1 saturated carbocycles. The molecule has 6 nitrogen and oxygen atoms in total. The molecule has 0 radical (unpaired) electrons. The average Bonchev–Trinajstić information content (AvgIpc) is 3.27. The van der Waals surface area contributed by atoms with Crippen molar-refractivity contribution in [1.29, 1.82) is 0 Å². The molecule has 0 atom stereocenters. The third kappa shape index (κ3) is 5.32. The second kappa shape index (κ2) is 9.77. The van der Waals surface area contributed by atoms with E-state index in [0.717, 1.165) is 42.6 Å². The number of ether oxygens (including phenoxy) is 1. The van der Waals surface area contributed by atoms with Gasteiger partial charge in [0, 0.05) is 11.6 Å². The van der Waals surface area contributed by atoms with E-state index >= 15 is 0 Å². The van der Waals surface area contributed by atoms with E-state index in [1.54, 1.807) is 0 Å². The molecule has 0 aliphatic heterocycles. The van der Waals surface area contributed by atoms with Gasteiger partial charge >= 0.3 is 0 Å². The molecule has 0 bridgehead atoms. The predicted molar refractivity (Wildman–Crippen MR) is 119 cm³/mol. The molecule has 2 aromatic carbocycles. The zero-order valence-electron chi connectivity index (χ0n) is 18.2. The van der Waals surface area contributed by atoms with Crippen LogP contribution in [0.15, 0.2) is 53.1 Å². The summed E-state index contributed by atoms with van der Waals surface area (Å²) in [6.07, 6.45) is 5.47. The Hall–Kier alpha value is -3.15. The minimum atomic E-state index is -0.0497. The summed E-state index contributed by atoms with van der Waals surface area (Å²) in [5.41, 5.74) is 3.10. The first kappa shape index (κ1) is 21.1. The molecule has 1 aliphatic carbocycles. The molecule has 4 rings (SSSR count). The van der Waals surface area contributed by atoms with Crippen LogP contribution < -0.4 is 4.74 Å². The molecule has 6 heteroatoms. The number of nitrogens with zero attached hydrogens (tertiary/aromatic N) is 3. The van der Waals surface area contributed by atoms with E-state index in [1.807, 2.05) is 61.2 Å². The van der Waals surface area contributed by atoms with E-state index < -0.39 is 0 Å². The summed E-state index contributed by atoms with van der Waals surface area (Å²) in [4.78, 5) is 19.6. The lowest BCUT2D eigenvalue weighted by Crippen LogP contribution is -2.43. The average molecular weight is 420 g/mol. The molecule has 31 heavy (non-hydrogen) atoms. The van der Waals surface area contributed by atoms with Crippen molar-refractivity contribution in [2.45, 2.75) is 58.5 Å². The first-order valence-electron chi connectivity index (χ1n) is 11.0. The van der Waals surface area contributed by atoms with E-state index in [1.165, 1.54) is 12.0 Å². The molecular formula is C25H29N3O3. The topological polar surface area (TPSA) is 68.5 Å². The van der Waals surface area contributed by atoms with Crippen LogP contribution in [-0.2, 0) is 11.3 Å². The van der Waals surface area contributed by atoms with Crippen LogP contribution in [0.5, 0.6) is 5.75 Å². The third-order valence-electron chi connectivity index (χ3n) is 5.82. The van der Waals surface area contributed by atoms with Crippen LogP contribution in [0.3, 0.4) is 0 Å². The van der Waals surface area contributed by atoms with E-state index in [2.05, 4.69) is 16.2 Å². The minimum absolute atomic E-state index is 0.0000799. The van der Waals surface area contributed by atoms with Crippen molar-refractivity contribution in [3.8, 4) is 17.1 Å². The molecule has 1 aromatic heterocycles. The van der Waals surface area contributed by atoms with Gasteiger partial charge in [0.1, 0.15) is 12.3 Å². The fraction of sp³-hybridized carbons (Fsp3) is 0.400. The molecule has 3 aromatic rings. The van der Waals surface area contributed by atoms with Crippen molar-refractivity contribution in [3.63, 3.8) is 0 Å². The van der Waals surface area contributed by atoms with E-state index in [9.17, 15) is 4.79 Å². The number of benzene rings is 2. The largest absolute Gasteiger partial charge is 0.483 e. The summed E-state index contributed by atoms with van der Waals surface area (Å²) >= 11 is 0. The van der Waals surface area contributed by atoms with Gasteiger partial charge in [0.2, 0.25) is 11.7 Å². The summed E-state index contributed by atoms with van der Waals surface area (Å²) in [7, 11) is 0. The summed E-state index contributed by atoms with van der Waals surface area (Å²) in [5.74, 6) is 1.68. The Labute approximate surface area is 183 Å². The summed E-state index contributed by atoms with van der Waals surface area (Å²) in [6, 6.07) is 15.9. The molecule has 162 valence electrons. The number of carbonyl (C=O) groups is 1. The van der Waals surface area contributed by atoms with Crippen LogP contribution in [-0.4, -0.2) is 33.6 Å². The minimum Gasteiger partial charge on any atom is -0.483 e. The zero-order valence-corrected chi connectivity index (χ0v) is 18.2. The van der Waals surface area contributed by atoms with Crippen LogP contribution in [0.2, 0.25) is 0 Å². The smallest absolute Gasteiger partial charge is 0.261 e. The first-order valence-corrected chi connectivity index (χ1v) is 11.0. The van der Waals surface area contributed by atoms with Crippen LogP contribution >= 0.6 is 0 Å². The predicted octanol–water partition coefficient (Wildman–Crippen LogP) is 5.09. The molecule has 0 spiro atoms. The standard InChI is InChI=1S/C25H29N3O3/c1-18-13-14-22(19(2)15-18)30-17-24(29)28(21-11-7-4-8-12-21)16-23-26-25(27-31-23)20-9-5-3-6-10-20/h3,5-6,9-10,13-15,21H,4,7-8,11-12,16-17H2,1-2H3. The lowest BCUT2D eigenvalue weighted by molar-refractivity contribution is -0.137. The summed E-state index contributed by atoms with van der Waals surface area (Å²) in [5, 5.41) is 4.10. The van der Waals surface area contributed by atoms with Crippen LogP contribution in [0.25, 0.3) is 11.4 Å². The number of aromatic nitrogens is 2. The second-order valence-electron chi connectivity index (χ2n) is 8.25. The summed E-state index contributed by atoms with van der Waals surface area (Å²) < 4.78 is 11.4. The van der Waals surface area contributed by atoms with Gasteiger partial charge in [0.05, 0.1) is 0 Å². The van der Waals surface area contributed by atoms with Gasteiger partial charge in [-0.2, -0.15) is 4.98 Å². The highest BCUT2D eigenvalue weighted by Gasteiger charge is 2.28. The Kier molecular flexibility index (Phi) is 6.65. The maximum Gasteiger partial charge on any atom is 0.261 e. The first-order chi connectivity index (χ1) is 15.1. The van der Waals surface area contributed by atoms with Crippen molar-refractivity contribution < 1.29 is 14.1 Å². The summed E-state index contributed by atoms with van der Waals surface area (Å²) in [6.45, 7) is 4.34. The van der Waals surface area contributed by atoms with Gasteiger partial charge in [-0.3, -0.25) is 4.79 Å². The quantitative estimate of drug-likeness (QED) is 0.533. The molecule has 1 fully saturated rings. The van der Waals surface area contributed by atoms with Crippen LogP contribution in [0.4, 0.5) is 0 Å². The van der Waals surface area contributed by atoms with Crippen molar-refractivity contribution in [2.75, 3.05) is 6.61 Å². The Balaban J connectivity index is 1.47. The lowest BCUT2D eigenvalue weighted by atomic mass is 9.94. The van der Waals surface area contributed by atoms with E-state index in [4.69, 9.17) is 9.26 Å². The third-order valence-corrected chi connectivity index (χ3v) is 5.82. The molecule has 0 N–H and O–H groups in total. The highest BCUT2D eigenvalue weighted by Crippen LogP contribution is 2.25. The molecule has 1 aliphatic rings. The number of hydrogen-bond acceptors (Lipinski definition) is 5. The van der Waals surface area contributed by atoms with Crippen molar-refractivity contribution in [1.82, 2.24) is 15.0 Å². The maximum absolute atomic E-state index is 13.2. The number of rotatable bonds is 7. The Morgan fingerprint density at radius 3 is 2.61 bits per heavy atom. The van der Waals surface area contributed by atoms with Crippen molar-refractivity contribution in [3.05, 3.63) is 65.5 Å². The number of aryl methyl sites for hydroxylation is 2. The number of carbonyl (C=O) groups excluding carboxylic acids is 1. The van der Waals surface area contributed by atoms with Crippen molar-refractivity contribution >= 4 is 5.91 Å². The van der Waals surface area contributed by atoms with Crippen molar-refractivity contribution in [2.24, 2.45) is 0 Å². The Bertz CT molecular complexity index is 1010. The zero-order chi connectivity index (χ0) is 21.6.